The average Bonchev–Trinajstić information content (AvgIpc) is 2.66. The summed E-state index contributed by atoms with van der Waals surface area (Å²) in [6, 6.07) is 7.99. The first-order valence-electron chi connectivity index (χ1n) is 9.47. The summed E-state index contributed by atoms with van der Waals surface area (Å²) in [5.41, 5.74) is 1.27. The van der Waals surface area contributed by atoms with Crippen molar-refractivity contribution in [2.45, 2.75) is 51.5 Å². The second kappa shape index (κ2) is 11.1. The van der Waals surface area contributed by atoms with E-state index < -0.39 is 0 Å². The van der Waals surface area contributed by atoms with Crippen molar-refractivity contribution in [3.8, 4) is 5.75 Å². The van der Waals surface area contributed by atoms with Crippen molar-refractivity contribution in [1.82, 2.24) is 10.2 Å². The molecule has 26 heavy (non-hydrogen) atoms. The van der Waals surface area contributed by atoms with Crippen molar-refractivity contribution < 1.29 is 14.3 Å². The van der Waals surface area contributed by atoms with Crippen LogP contribution in [0.15, 0.2) is 24.3 Å². The zero-order valence-electron chi connectivity index (χ0n) is 15.5. The lowest BCUT2D eigenvalue weighted by Gasteiger charge is -2.32. The number of hydrogen-bond acceptors (Lipinski definition) is 3. The van der Waals surface area contributed by atoms with Crippen LogP contribution in [0.3, 0.4) is 0 Å². The number of alkyl halides is 1. The molecule has 0 unspecified atom stereocenters. The molecule has 0 atom stereocenters. The summed E-state index contributed by atoms with van der Waals surface area (Å²) in [5, 5.41) is 3.00. The third-order valence-corrected chi connectivity index (χ3v) is 4.84. The van der Waals surface area contributed by atoms with Gasteiger partial charge in [0.2, 0.25) is 5.91 Å². The molecule has 0 radical (unpaired) electrons. The van der Waals surface area contributed by atoms with E-state index in [1.807, 2.05) is 29.2 Å². The standard InChI is InChI=1S/C20H29ClN2O3/c1-2-4-16-6-8-18(9-7-16)26-15-19(24)22-17-10-13-23(14-11-17)20(25)5-3-12-21/h6-9,17H,2-5,10-15H2,1H3,(H,22,24). The van der Waals surface area contributed by atoms with Crippen LogP contribution in [-0.4, -0.2) is 48.3 Å². The summed E-state index contributed by atoms with van der Waals surface area (Å²) < 4.78 is 5.56. The van der Waals surface area contributed by atoms with E-state index in [1.54, 1.807) is 0 Å². The van der Waals surface area contributed by atoms with Gasteiger partial charge in [0.15, 0.2) is 6.61 Å². The molecule has 0 bridgehead atoms. The van der Waals surface area contributed by atoms with Crippen LogP contribution in [0.25, 0.3) is 0 Å². The largest absolute Gasteiger partial charge is 0.484 e. The minimum atomic E-state index is -0.116. The average molecular weight is 381 g/mol. The van der Waals surface area contributed by atoms with Crippen molar-refractivity contribution in [3.63, 3.8) is 0 Å². The topological polar surface area (TPSA) is 58.6 Å². The number of halogens is 1. The molecule has 1 fully saturated rings. The Morgan fingerprint density at radius 1 is 1.23 bits per heavy atom. The Morgan fingerprint density at radius 3 is 2.54 bits per heavy atom. The van der Waals surface area contributed by atoms with Crippen LogP contribution in [-0.2, 0) is 16.0 Å². The number of hydrogen-bond donors (Lipinski definition) is 1. The first-order chi connectivity index (χ1) is 12.6. The summed E-state index contributed by atoms with van der Waals surface area (Å²) >= 11 is 5.63. The van der Waals surface area contributed by atoms with E-state index in [2.05, 4.69) is 12.2 Å². The fraction of sp³-hybridized carbons (Fsp3) is 0.600. The van der Waals surface area contributed by atoms with Crippen LogP contribution >= 0.6 is 11.6 Å². The predicted molar refractivity (Wildman–Crippen MR) is 104 cm³/mol. The number of carbonyl (C=O) groups is 2. The van der Waals surface area contributed by atoms with Crippen LogP contribution < -0.4 is 10.1 Å². The smallest absolute Gasteiger partial charge is 0.258 e. The van der Waals surface area contributed by atoms with Crippen molar-refractivity contribution in [3.05, 3.63) is 29.8 Å². The van der Waals surface area contributed by atoms with Gasteiger partial charge in [-0.25, -0.2) is 0 Å². The van der Waals surface area contributed by atoms with Crippen LogP contribution in [0.4, 0.5) is 0 Å². The molecule has 1 aromatic rings. The first kappa shape index (κ1) is 20.6. The first-order valence-corrected chi connectivity index (χ1v) is 10.0. The molecule has 0 saturated carbocycles. The number of nitrogens with zero attached hydrogens (tertiary/aromatic N) is 1. The molecular weight excluding hydrogens is 352 g/mol. The molecule has 2 amide bonds. The Kier molecular flexibility index (Phi) is 8.75. The minimum Gasteiger partial charge on any atom is -0.484 e. The molecule has 2 rings (SSSR count). The van der Waals surface area contributed by atoms with E-state index >= 15 is 0 Å². The summed E-state index contributed by atoms with van der Waals surface area (Å²) in [6.07, 6.45) is 4.95. The zero-order chi connectivity index (χ0) is 18.8. The predicted octanol–water partition coefficient (Wildman–Crippen LogP) is 3.14. The Labute approximate surface area is 161 Å². The van der Waals surface area contributed by atoms with Gasteiger partial charge in [0.05, 0.1) is 0 Å². The molecule has 6 heteroatoms. The van der Waals surface area contributed by atoms with E-state index in [-0.39, 0.29) is 24.5 Å². The van der Waals surface area contributed by atoms with Crippen molar-refractivity contribution in [1.29, 1.82) is 0 Å². The highest BCUT2D eigenvalue weighted by atomic mass is 35.5. The number of nitrogens with one attached hydrogen (secondary N) is 1. The SMILES string of the molecule is CCCc1ccc(OCC(=O)NC2CCN(C(=O)CCCCl)CC2)cc1. The van der Waals surface area contributed by atoms with E-state index in [9.17, 15) is 9.59 Å². The van der Waals surface area contributed by atoms with Crippen LogP contribution in [0.1, 0.15) is 44.6 Å². The monoisotopic (exact) mass is 380 g/mol. The van der Waals surface area contributed by atoms with Crippen LogP contribution in [0.2, 0.25) is 0 Å². The fourth-order valence-electron chi connectivity index (χ4n) is 3.11. The van der Waals surface area contributed by atoms with Gasteiger partial charge in [-0.15, -0.1) is 11.6 Å². The van der Waals surface area contributed by atoms with Crippen LogP contribution in [0.5, 0.6) is 5.75 Å². The summed E-state index contributed by atoms with van der Waals surface area (Å²) in [6.45, 7) is 3.54. The lowest BCUT2D eigenvalue weighted by molar-refractivity contribution is -0.132. The number of ether oxygens (including phenoxy) is 1. The van der Waals surface area contributed by atoms with E-state index in [0.717, 1.165) is 25.7 Å². The van der Waals surface area contributed by atoms with Crippen LogP contribution in [0, 0.1) is 0 Å². The zero-order valence-corrected chi connectivity index (χ0v) is 16.3. The van der Waals surface area contributed by atoms with Gasteiger partial charge >= 0.3 is 0 Å². The third kappa shape index (κ3) is 6.87. The second-order valence-electron chi connectivity index (χ2n) is 6.70. The number of likely N-dealkylation sites (tertiary alicyclic amines) is 1. The Balaban J connectivity index is 1.66. The minimum absolute atomic E-state index is 0.0159. The van der Waals surface area contributed by atoms with Gasteiger partial charge in [0.1, 0.15) is 5.75 Å². The van der Waals surface area contributed by atoms with E-state index in [1.165, 1.54) is 5.56 Å². The Bertz CT molecular complexity index is 569. The summed E-state index contributed by atoms with van der Waals surface area (Å²) in [5.74, 6) is 1.26. The molecule has 1 aliphatic heterocycles. The van der Waals surface area contributed by atoms with Gasteiger partial charge < -0.3 is 15.0 Å². The van der Waals surface area contributed by atoms with Gasteiger partial charge in [-0.2, -0.15) is 0 Å². The van der Waals surface area contributed by atoms with E-state index in [4.69, 9.17) is 16.3 Å². The maximum absolute atomic E-state index is 12.1. The van der Waals surface area contributed by atoms with Gasteiger partial charge in [-0.05, 0) is 43.4 Å². The van der Waals surface area contributed by atoms with Gasteiger partial charge in [-0.3, -0.25) is 9.59 Å². The molecule has 1 heterocycles. The molecule has 0 aromatic heterocycles. The molecule has 1 aliphatic rings. The van der Waals surface area contributed by atoms with Gasteiger partial charge in [0, 0.05) is 31.4 Å². The molecule has 0 aliphatic carbocycles. The highest BCUT2D eigenvalue weighted by Gasteiger charge is 2.23. The van der Waals surface area contributed by atoms with Crippen molar-refractivity contribution in [2.24, 2.45) is 0 Å². The lowest BCUT2D eigenvalue weighted by Crippen LogP contribution is -2.47. The normalized spacial score (nSPS) is 14.9. The maximum atomic E-state index is 12.1. The molecule has 5 nitrogen and oxygen atoms in total. The Morgan fingerprint density at radius 2 is 1.92 bits per heavy atom. The molecule has 0 spiro atoms. The van der Waals surface area contributed by atoms with Gasteiger partial charge in [0.25, 0.3) is 5.91 Å². The van der Waals surface area contributed by atoms with Gasteiger partial charge in [-0.1, -0.05) is 25.5 Å². The molecule has 144 valence electrons. The summed E-state index contributed by atoms with van der Waals surface area (Å²) in [4.78, 5) is 25.9. The molecule has 1 N–H and O–H groups in total. The quantitative estimate of drug-likeness (QED) is 0.669. The fourth-order valence-corrected chi connectivity index (χ4v) is 3.24. The number of amides is 2. The number of aryl methyl sites for hydroxylation is 1. The third-order valence-electron chi connectivity index (χ3n) is 4.57. The number of carbonyl (C=O) groups excluding carboxylic acids is 2. The lowest BCUT2D eigenvalue weighted by atomic mass is 10.0. The highest BCUT2D eigenvalue weighted by molar-refractivity contribution is 6.17. The number of rotatable bonds is 9. The maximum Gasteiger partial charge on any atom is 0.258 e. The van der Waals surface area contributed by atoms with E-state index in [0.29, 0.717) is 37.6 Å². The summed E-state index contributed by atoms with van der Waals surface area (Å²) in [7, 11) is 0. The van der Waals surface area contributed by atoms with Crippen molar-refractivity contribution >= 4 is 23.4 Å². The molecule has 1 saturated heterocycles. The van der Waals surface area contributed by atoms with Crippen molar-refractivity contribution in [2.75, 3.05) is 25.6 Å². The molecule has 1 aromatic carbocycles. The highest BCUT2D eigenvalue weighted by Crippen LogP contribution is 2.14. The Hall–Kier alpha value is -1.75. The molecular formula is C20H29ClN2O3. The number of benzene rings is 1. The number of piperidine rings is 1. The second-order valence-corrected chi connectivity index (χ2v) is 7.08.